The summed E-state index contributed by atoms with van der Waals surface area (Å²) in [5.41, 5.74) is 1.37. The highest BCUT2D eigenvalue weighted by Crippen LogP contribution is 2.27. The van der Waals surface area contributed by atoms with Crippen LogP contribution >= 0.6 is 15.9 Å². The molecule has 0 bridgehead atoms. The Hall–Kier alpha value is -2.34. The number of nitrogens with one attached hydrogen (secondary N) is 1. The first-order valence-electron chi connectivity index (χ1n) is 7.65. The van der Waals surface area contributed by atoms with Crippen LogP contribution in [0.5, 0.6) is 11.5 Å². The molecule has 0 atom stereocenters. The smallest absolute Gasteiger partial charge is 0.244 e. The minimum absolute atomic E-state index is 0.278. The summed E-state index contributed by atoms with van der Waals surface area (Å²) >= 11 is 3.27. The van der Waals surface area contributed by atoms with Gasteiger partial charge in [-0.3, -0.25) is 4.79 Å². The lowest BCUT2D eigenvalue weighted by Gasteiger charge is -2.09. The number of rotatable bonds is 7. The zero-order chi connectivity index (χ0) is 18.2. The van der Waals surface area contributed by atoms with E-state index < -0.39 is 0 Å². The molecule has 0 saturated carbocycles. The molecule has 0 heterocycles. The van der Waals surface area contributed by atoms with E-state index in [9.17, 15) is 9.18 Å². The van der Waals surface area contributed by atoms with Crippen LogP contribution in [-0.4, -0.2) is 26.7 Å². The highest BCUT2D eigenvalue weighted by atomic mass is 79.9. The third-order valence-electron chi connectivity index (χ3n) is 3.53. The molecule has 0 radical (unpaired) electrons. The van der Waals surface area contributed by atoms with Gasteiger partial charge in [-0.05, 0) is 48.4 Å². The summed E-state index contributed by atoms with van der Waals surface area (Å²) in [5, 5.41) is 2.77. The van der Waals surface area contributed by atoms with Crippen molar-refractivity contribution in [3.63, 3.8) is 0 Å². The fourth-order valence-corrected chi connectivity index (χ4v) is 2.61. The lowest BCUT2D eigenvalue weighted by atomic mass is 10.1. The topological polar surface area (TPSA) is 47.6 Å². The molecule has 0 aliphatic rings. The van der Waals surface area contributed by atoms with Gasteiger partial charge in [0.25, 0.3) is 0 Å². The highest BCUT2D eigenvalue weighted by Gasteiger charge is 2.05. The molecule has 2 rings (SSSR count). The van der Waals surface area contributed by atoms with E-state index in [1.807, 2.05) is 18.2 Å². The van der Waals surface area contributed by atoms with Crippen molar-refractivity contribution in [3.05, 3.63) is 63.9 Å². The van der Waals surface area contributed by atoms with Crippen molar-refractivity contribution >= 4 is 27.9 Å². The second-order valence-corrected chi connectivity index (χ2v) is 6.15. The highest BCUT2D eigenvalue weighted by molar-refractivity contribution is 9.10. The average Bonchev–Trinajstić information content (AvgIpc) is 2.62. The third kappa shape index (κ3) is 5.60. The van der Waals surface area contributed by atoms with Gasteiger partial charge in [-0.15, -0.1) is 0 Å². The summed E-state index contributed by atoms with van der Waals surface area (Å²) in [6.07, 6.45) is 3.41. The molecule has 0 aliphatic heterocycles. The molecule has 0 fully saturated rings. The van der Waals surface area contributed by atoms with Crippen LogP contribution in [0.3, 0.4) is 0 Å². The molecule has 0 saturated heterocycles. The Kier molecular flexibility index (Phi) is 7.01. The molecule has 6 heteroatoms. The summed E-state index contributed by atoms with van der Waals surface area (Å²) in [4.78, 5) is 11.8. The molecular weight excluding hydrogens is 389 g/mol. The second kappa shape index (κ2) is 9.22. The Morgan fingerprint density at radius 3 is 2.64 bits per heavy atom. The van der Waals surface area contributed by atoms with E-state index in [0.29, 0.717) is 30.0 Å². The normalized spacial score (nSPS) is 10.7. The van der Waals surface area contributed by atoms with Gasteiger partial charge in [0.2, 0.25) is 5.91 Å². The Labute approximate surface area is 154 Å². The maximum absolute atomic E-state index is 13.6. The van der Waals surface area contributed by atoms with Gasteiger partial charge in [0.05, 0.1) is 14.2 Å². The average molecular weight is 408 g/mol. The van der Waals surface area contributed by atoms with Crippen molar-refractivity contribution in [2.75, 3.05) is 20.8 Å². The summed E-state index contributed by atoms with van der Waals surface area (Å²) < 4.78 is 24.8. The number of hydrogen-bond donors (Lipinski definition) is 1. The summed E-state index contributed by atoms with van der Waals surface area (Å²) in [6.45, 7) is 0.458. The SMILES string of the molecule is COc1ccc(CCNC(=O)/C=C/c2cc(Br)ccc2F)cc1OC. The maximum atomic E-state index is 13.6. The standard InChI is InChI=1S/C19H19BrFNO3/c1-24-17-7-3-13(11-18(17)25-2)9-10-22-19(23)8-4-14-12-15(20)5-6-16(14)21/h3-8,11-12H,9-10H2,1-2H3,(H,22,23)/b8-4+. The Bertz CT molecular complexity index is 777. The van der Waals surface area contributed by atoms with Gasteiger partial charge in [0, 0.05) is 22.7 Å². The van der Waals surface area contributed by atoms with Crippen LogP contribution in [0.1, 0.15) is 11.1 Å². The van der Waals surface area contributed by atoms with Gasteiger partial charge < -0.3 is 14.8 Å². The summed E-state index contributed by atoms with van der Waals surface area (Å²) in [7, 11) is 3.16. The largest absolute Gasteiger partial charge is 0.493 e. The van der Waals surface area contributed by atoms with Crippen LogP contribution in [0.25, 0.3) is 6.08 Å². The molecule has 1 amide bonds. The molecule has 1 N–H and O–H groups in total. The van der Waals surface area contributed by atoms with E-state index in [2.05, 4.69) is 21.2 Å². The number of amides is 1. The van der Waals surface area contributed by atoms with Crippen LogP contribution in [0, 0.1) is 5.82 Å². The zero-order valence-corrected chi connectivity index (χ0v) is 15.6. The van der Waals surface area contributed by atoms with E-state index in [1.165, 1.54) is 18.2 Å². The van der Waals surface area contributed by atoms with Crippen LogP contribution in [0.15, 0.2) is 46.9 Å². The van der Waals surface area contributed by atoms with E-state index in [4.69, 9.17) is 9.47 Å². The second-order valence-electron chi connectivity index (χ2n) is 5.23. The van der Waals surface area contributed by atoms with Crippen molar-refractivity contribution in [2.24, 2.45) is 0 Å². The van der Waals surface area contributed by atoms with Crippen molar-refractivity contribution in [2.45, 2.75) is 6.42 Å². The number of carbonyl (C=O) groups excluding carboxylic acids is 1. The molecule has 0 aromatic heterocycles. The van der Waals surface area contributed by atoms with E-state index in [1.54, 1.807) is 26.4 Å². The number of carbonyl (C=O) groups is 1. The van der Waals surface area contributed by atoms with Crippen LogP contribution in [0.4, 0.5) is 4.39 Å². The predicted octanol–water partition coefficient (Wildman–Crippen LogP) is 3.98. The Morgan fingerprint density at radius 2 is 1.92 bits per heavy atom. The number of hydrogen-bond acceptors (Lipinski definition) is 3. The number of benzene rings is 2. The molecule has 0 aliphatic carbocycles. The molecule has 0 spiro atoms. The van der Waals surface area contributed by atoms with Gasteiger partial charge in [-0.25, -0.2) is 4.39 Å². The lowest BCUT2D eigenvalue weighted by Crippen LogP contribution is -2.23. The summed E-state index contributed by atoms with van der Waals surface area (Å²) in [5.74, 6) is 0.656. The van der Waals surface area contributed by atoms with Crippen molar-refractivity contribution in [1.29, 1.82) is 0 Å². The van der Waals surface area contributed by atoms with E-state index in [0.717, 1.165) is 10.0 Å². The predicted molar refractivity (Wildman–Crippen MR) is 99.4 cm³/mol. The number of halogens is 2. The van der Waals surface area contributed by atoms with Gasteiger partial charge in [-0.1, -0.05) is 22.0 Å². The number of ether oxygens (including phenoxy) is 2. The minimum Gasteiger partial charge on any atom is -0.493 e. The fourth-order valence-electron chi connectivity index (χ4n) is 2.23. The van der Waals surface area contributed by atoms with Crippen molar-refractivity contribution < 1.29 is 18.7 Å². The van der Waals surface area contributed by atoms with Gasteiger partial charge in [0.1, 0.15) is 5.82 Å². The third-order valence-corrected chi connectivity index (χ3v) is 4.03. The first kappa shape index (κ1) is 19.0. The van der Waals surface area contributed by atoms with Gasteiger partial charge >= 0.3 is 0 Å². The zero-order valence-electron chi connectivity index (χ0n) is 14.0. The molecule has 2 aromatic rings. The minimum atomic E-state index is -0.377. The van der Waals surface area contributed by atoms with Crippen molar-refractivity contribution in [3.8, 4) is 11.5 Å². The Morgan fingerprint density at radius 1 is 1.16 bits per heavy atom. The van der Waals surface area contributed by atoms with Gasteiger partial charge in [0.15, 0.2) is 11.5 Å². The lowest BCUT2D eigenvalue weighted by molar-refractivity contribution is -0.116. The first-order valence-corrected chi connectivity index (χ1v) is 8.44. The monoisotopic (exact) mass is 407 g/mol. The molecule has 25 heavy (non-hydrogen) atoms. The molecule has 4 nitrogen and oxygen atoms in total. The van der Waals surface area contributed by atoms with Crippen LogP contribution in [0.2, 0.25) is 0 Å². The summed E-state index contributed by atoms with van der Waals surface area (Å²) in [6, 6.07) is 10.2. The van der Waals surface area contributed by atoms with Crippen molar-refractivity contribution in [1.82, 2.24) is 5.32 Å². The molecule has 0 unspecified atom stereocenters. The van der Waals surface area contributed by atoms with Crippen LogP contribution in [-0.2, 0) is 11.2 Å². The van der Waals surface area contributed by atoms with Gasteiger partial charge in [-0.2, -0.15) is 0 Å². The molecule has 132 valence electrons. The van der Waals surface area contributed by atoms with Crippen LogP contribution < -0.4 is 14.8 Å². The fraction of sp³-hybridized carbons (Fsp3) is 0.211. The Balaban J connectivity index is 1.88. The maximum Gasteiger partial charge on any atom is 0.244 e. The molecular formula is C19H19BrFNO3. The van der Waals surface area contributed by atoms with E-state index in [-0.39, 0.29) is 11.7 Å². The molecule has 2 aromatic carbocycles. The first-order chi connectivity index (χ1) is 12.0. The number of methoxy groups -OCH3 is 2. The van der Waals surface area contributed by atoms with E-state index >= 15 is 0 Å². The quantitative estimate of drug-likeness (QED) is 0.706.